The summed E-state index contributed by atoms with van der Waals surface area (Å²) < 4.78 is 18.7. The van der Waals surface area contributed by atoms with Gasteiger partial charge in [-0.1, -0.05) is 39.0 Å². The molecule has 0 spiro atoms. The maximum Gasteiger partial charge on any atom is 0.255 e. The van der Waals surface area contributed by atoms with Gasteiger partial charge in [0.2, 0.25) is 0 Å². The number of amides is 2. The van der Waals surface area contributed by atoms with Crippen LogP contribution in [0.2, 0.25) is 0 Å². The molecule has 6 heteroatoms. The fourth-order valence-corrected chi connectivity index (χ4v) is 3.01. The summed E-state index contributed by atoms with van der Waals surface area (Å²) in [5.74, 6) is -1.27. The Bertz CT molecular complexity index is 1100. The first-order valence-electron chi connectivity index (χ1n) is 9.84. The Morgan fingerprint density at radius 1 is 0.806 bits per heavy atom. The molecule has 5 nitrogen and oxygen atoms in total. The summed E-state index contributed by atoms with van der Waals surface area (Å²) in [6, 6.07) is 18.2. The number of benzene rings is 3. The van der Waals surface area contributed by atoms with Gasteiger partial charge >= 0.3 is 0 Å². The molecule has 3 rings (SSSR count). The fourth-order valence-electron chi connectivity index (χ4n) is 3.01. The molecule has 0 aliphatic carbocycles. The Morgan fingerprint density at radius 2 is 1.35 bits per heavy atom. The predicted octanol–water partition coefficient (Wildman–Crippen LogP) is 5.64. The SMILES string of the molecule is COc1ccc(C(=O)Nc2cccc(NC(=O)c3ccc(C(C)(C)C)cc3)c2)cc1F. The van der Waals surface area contributed by atoms with E-state index in [4.69, 9.17) is 4.74 Å². The molecule has 0 aliphatic rings. The molecular weight excluding hydrogens is 395 g/mol. The minimum atomic E-state index is -0.617. The number of hydrogen-bond donors (Lipinski definition) is 2. The molecule has 0 heterocycles. The third-order valence-corrected chi connectivity index (χ3v) is 4.81. The molecule has 2 N–H and O–H groups in total. The average molecular weight is 420 g/mol. The van der Waals surface area contributed by atoms with Crippen molar-refractivity contribution in [3.8, 4) is 5.75 Å². The average Bonchev–Trinajstić information content (AvgIpc) is 2.73. The molecule has 160 valence electrons. The molecule has 0 saturated heterocycles. The molecule has 0 aliphatic heterocycles. The van der Waals surface area contributed by atoms with E-state index in [2.05, 4.69) is 31.4 Å². The number of methoxy groups -OCH3 is 1. The molecule has 0 aromatic heterocycles. The number of nitrogens with one attached hydrogen (secondary N) is 2. The molecule has 0 atom stereocenters. The van der Waals surface area contributed by atoms with E-state index in [-0.39, 0.29) is 22.6 Å². The van der Waals surface area contributed by atoms with Crippen molar-refractivity contribution in [1.82, 2.24) is 0 Å². The van der Waals surface area contributed by atoms with E-state index in [1.807, 2.05) is 12.1 Å². The van der Waals surface area contributed by atoms with Gasteiger partial charge in [-0.2, -0.15) is 0 Å². The Labute approximate surface area is 181 Å². The highest BCUT2D eigenvalue weighted by molar-refractivity contribution is 6.06. The monoisotopic (exact) mass is 420 g/mol. The van der Waals surface area contributed by atoms with E-state index in [0.717, 1.165) is 11.6 Å². The molecule has 0 unspecified atom stereocenters. The summed E-state index contributed by atoms with van der Waals surface area (Å²) in [7, 11) is 1.36. The van der Waals surface area contributed by atoms with Crippen molar-refractivity contribution in [2.24, 2.45) is 0 Å². The summed E-state index contributed by atoms with van der Waals surface area (Å²) in [6.45, 7) is 6.34. The summed E-state index contributed by atoms with van der Waals surface area (Å²) >= 11 is 0. The lowest BCUT2D eigenvalue weighted by atomic mass is 9.87. The molecule has 3 aromatic carbocycles. The standard InChI is InChI=1S/C25H25FN2O3/c1-25(2,3)18-11-8-16(9-12-18)23(29)27-19-6-5-7-20(15-19)28-24(30)17-10-13-22(31-4)21(26)14-17/h5-15H,1-4H3,(H,27,29)(H,28,30). The van der Waals surface area contributed by atoms with Crippen LogP contribution in [-0.4, -0.2) is 18.9 Å². The first-order chi connectivity index (χ1) is 14.7. The second-order valence-corrected chi connectivity index (χ2v) is 8.17. The molecule has 0 bridgehead atoms. The Morgan fingerprint density at radius 3 is 1.87 bits per heavy atom. The second kappa shape index (κ2) is 9.00. The van der Waals surface area contributed by atoms with E-state index < -0.39 is 11.7 Å². The third-order valence-electron chi connectivity index (χ3n) is 4.81. The predicted molar refractivity (Wildman–Crippen MR) is 120 cm³/mol. The van der Waals surface area contributed by atoms with Crippen molar-refractivity contribution in [3.63, 3.8) is 0 Å². The van der Waals surface area contributed by atoms with Crippen LogP contribution in [0.15, 0.2) is 66.7 Å². The number of rotatable bonds is 5. The molecular formula is C25H25FN2O3. The second-order valence-electron chi connectivity index (χ2n) is 8.17. The number of halogens is 1. The van der Waals surface area contributed by atoms with Crippen LogP contribution in [0.4, 0.5) is 15.8 Å². The van der Waals surface area contributed by atoms with Gasteiger partial charge in [0.05, 0.1) is 7.11 Å². The number of carbonyl (C=O) groups is 2. The normalized spacial score (nSPS) is 11.0. The lowest BCUT2D eigenvalue weighted by molar-refractivity contribution is 0.101. The van der Waals surface area contributed by atoms with Crippen LogP contribution >= 0.6 is 0 Å². The van der Waals surface area contributed by atoms with Gasteiger partial charge in [-0.25, -0.2) is 4.39 Å². The topological polar surface area (TPSA) is 67.4 Å². The zero-order chi connectivity index (χ0) is 22.6. The summed E-state index contributed by atoms with van der Waals surface area (Å²) in [4.78, 5) is 25.0. The quantitative estimate of drug-likeness (QED) is 0.562. The van der Waals surface area contributed by atoms with E-state index in [1.54, 1.807) is 36.4 Å². The van der Waals surface area contributed by atoms with Gasteiger partial charge in [0.25, 0.3) is 11.8 Å². The Balaban J connectivity index is 1.69. The minimum Gasteiger partial charge on any atom is -0.494 e. The first-order valence-corrected chi connectivity index (χ1v) is 9.84. The minimum absolute atomic E-state index is 0.00828. The fraction of sp³-hybridized carbons (Fsp3) is 0.200. The summed E-state index contributed by atoms with van der Waals surface area (Å²) in [6.07, 6.45) is 0. The van der Waals surface area contributed by atoms with Gasteiger partial charge in [0.15, 0.2) is 11.6 Å². The van der Waals surface area contributed by atoms with Crippen LogP contribution in [0.25, 0.3) is 0 Å². The van der Waals surface area contributed by atoms with Crippen molar-refractivity contribution in [1.29, 1.82) is 0 Å². The van der Waals surface area contributed by atoms with Crippen LogP contribution in [0.1, 0.15) is 47.1 Å². The van der Waals surface area contributed by atoms with Crippen molar-refractivity contribution in [3.05, 3.63) is 89.2 Å². The van der Waals surface area contributed by atoms with Gasteiger partial charge < -0.3 is 15.4 Å². The zero-order valence-electron chi connectivity index (χ0n) is 18.0. The highest BCUT2D eigenvalue weighted by atomic mass is 19.1. The number of hydrogen-bond acceptors (Lipinski definition) is 3. The van der Waals surface area contributed by atoms with Crippen molar-refractivity contribution in [2.75, 3.05) is 17.7 Å². The van der Waals surface area contributed by atoms with Gasteiger partial charge in [-0.05, 0) is 59.5 Å². The van der Waals surface area contributed by atoms with Crippen molar-refractivity contribution >= 4 is 23.2 Å². The molecule has 0 fully saturated rings. The van der Waals surface area contributed by atoms with Crippen LogP contribution in [0.5, 0.6) is 5.75 Å². The van der Waals surface area contributed by atoms with Crippen molar-refractivity contribution in [2.45, 2.75) is 26.2 Å². The van der Waals surface area contributed by atoms with Crippen molar-refractivity contribution < 1.29 is 18.7 Å². The summed E-state index contributed by atoms with van der Waals surface area (Å²) in [5.41, 5.74) is 2.85. The van der Waals surface area contributed by atoms with Crippen LogP contribution in [0, 0.1) is 5.82 Å². The largest absolute Gasteiger partial charge is 0.494 e. The number of anilines is 2. The van der Waals surface area contributed by atoms with E-state index in [9.17, 15) is 14.0 Å². The van der Waals surface area contributed by atoms with Crippen LogP contribution < -0.4 is 15.4 Å². The Kier molecular flexibility index (Phi) is 6.39. The highest BCUT2D eigenvalue weighted by Gasteiger charge is 2.15. The maximum absolute atomic E-state index is 13.9. The van der Waals surface area contributed by atoms with Gasteiger partial charge in [-0.3, -0.25) is 9.59 Å². The van der Waals surface area contributed by atoms with E-state index in [1.165, 1.54) is 19.2 Å². The smallest absolute Gasteiger partial charge is 0.255 e. The molecule has 31 heavy (non-hydrogen) atoms. The van der Waals surface area contributed by atoms with E-state index >= 15 is 0 Å². The zero-order valence-corrected chi connectivity index (χ0v) is 18.0. The van der Waals surface area contributed by atoms with E-state index in [0.29, 0.717) is 16.9 Å². The van der Waals surface area contributed by atoms with Crippen LogP contribution in [-0.2, 0) is 5.41 Å². The molecule has 3 aromatic rings. The molecule has 0 saturated carbocycles. The third kappa shape index (κ3) is 5.48. The first kappa shape index (κ1) is 22.0. The summed E-state index contributed by atoms with van der Waals surface area (Å²) in [5, 5.41) is 5.53. The lowest BCUT2D eigenvalue weighted by Crippen LogP contribution is -2.15. The number of carbonyl (C=O) groups excluding carboxylic acids is 2. The highest BCUT2D eigenvalue weighted by Crippen LogP contribution is 2.23. The maximum atomic E-state index is 13.9. The molecule has 2 amide bonds. The van der Waals surface area contributed by atoms with Gasteiger partial charge in [0, 0.05) is 22.5 Å². The molecule has 0 radical (unpaired) electrons. The lowest BCUT2D eigenvalue weighted by Gasteiger charge is -2.19. The number of ether oxygens (including phenoxy) is 1. The van der Waals surface area contributed by atoms with Crippen LogP contribution in [0.3, 0.4) is 0 Å². The Hall–Kier alpha value is -3.67. The van der Waals surface area contributed by atoms with Gasteiger partial charge in [-0.15, -0.1) is 0 Å². The van der Waals surface area contributed by atoms with Gasteiger partial charge in [0.1, 0.15) is 0 Å².